The van der Waals surface area contributed by atoms with Crippen LogP contribution in [0.4, 0.5) is 0 Å². The smallest absolute Gasteiger partial charge is 0.251 e. The van der Waals surface area contributed by atoms with Gasteiger partial charge in [0.05, 0.1) is 12.1 Å². The Morgan fingerprint density at radius 2 is 1.06 bits per heavy atom. The van der Waals surface area contributed by atoms with E-state index >= 15 is 0 Å². The number of aromatic hydroxyl groups is 2. The molecule has 2 aromatic heterocycles. The molecule has 0 spiro atoms. The number of halogens is 2. The maximum Gasteiger partial charge on any atom is 0.251 e. The third-order valence-corrected chi connectivity index (χ3v) is 9.18. The second-order valence-corrected chi connectivity index (χ2v) is 15.0. The molecule has 8 nitrogen and oxygen atoms in total. The van der Waals surface area contributed by atoms with Crippen molar-refractivity contribution in [1.82, 2.24) is 9.97 Å². The number of hydrogen-bond acceptors (Lipinski definition) is 4. The fraction of sp³-hybridized carbons (Fsp3) is 0.474. The van der Waals surface area contributed by atoms with Crippen molar-refractivity contribution in [3.05, 3.63) is 94.1 Å². The third-order valence-electron chi connectivity index (χ3n) is 9.18. The van der Waals surface area contributed by atoms with Crippen molar-refractivity contribution in [2.24, 2.45) is 9.98 Å². The molecule has 0 bridgehead atoms. The molecule has 1 saturated carbocycles. The molecule has 0 amide bonds. The summed E-state index contributed by atoms with van der Waals surface area (Å²) in [6.45, 7) is 18.3. The lowest BCUT2D eigenvalue weighted by molar-refractivity contribution is -0.693. The summed E-state index contributed by atoms with van der Waals surface area (Å²) in [5.41, 5.74) is 5.09. The maximum atomic E-state index is 11.4. The van der Waals surface area contributed by atoms with Gasteiger partial charge >= 0.3 is 0 Å². The topological polar surface area (TPSA) is 105 Å². The van der Waals surface area contributed by atoms with Gasteiger partial charge in [0.25, 0.3) is 11.6 Å². The minimum absolute atomic E-state index is 0. The van der Waals surface area contributed by atoms with Gasteiger partial charge in [-0.1, -0.05) is 54.4 Å². The molecule has 0 aliphatic heterocycles. The van der Waals surface area contributed by atoms with Gasteiger partial charge < -0.3 is 35.0 Å². The van der Waals surface area contributed by atoms with Gasteiger partial charge in [-0.05, 0) is 59.1 Å². The standard InChI is InChI=1S/C38H50N6O2.2ClH/c1-25-39-13-15-43(25)23-27-17-29(35(45)31(19-27)37(3,4)5)21-41-33-11-9-10-12-34(33)42-22-30-18-28(24-44-16-14-40-26(44)2)20-32(36(30)46)38(6,7)8;;/h13-22,33-34H,9-12,23-24H2,1-8H3,(H2,41,42,45,46);2*1H/t33-,34-;;/m1../s1. The molecular weight excluding hydrogens is 643 g/mol. The SMILES string of the molecule is Cc1[nH]cc[n+]1Cc1cc(C=N[C@@H]2CCCC[C@H]2N=Cc2cc(C[n+]3cc[nH]c3C)cc(C(C)(C)C)c2O)c(O)c(C(C)(C)C)c1.[Cl-].[Cl-]. The van der Waals surface area contributed by atoms with E-state index in [0.717, 1.165) is 70.7 Å². The van der Waals surface area contributed by atoms with E-state index in [0.29, 0.717) is 24.6 Å². The van der Waals surface area contributed by atoms with Gasteiger partial charge in [-0.3, -0.25) is 9.98 Å². The van der Waals surface area contributed by atoms with Crippen LogP contribution in [0.2, 0.25) is 0 Å². The Hall–Kier alpha value is -3.62. The van der Waals surface area contributed by atoms with Crippen LogP contribution in [0.3, 0.4) is 0 Å². The number of rotatable bonds is 8. The summed E-state index contributed by atoms with van der Waals surface area (Å²) < 4.78 is 4.33. The van der Waals surface area contributed by atoms with E-state index in [-0.39, 0.29) is 47.7 Å². The Labute approximate surface area is 298 Å². The molecule has 4 aromatic rings. The number of aryl methyl sites for hydroxylation is 2. The fourth-order valence-corrected chi connectivity index (χ4v) is 6.37. The lowest BCUT2D eigenvalue weighted by Gasteiger charge is -2.26. The van der Waals surface area contributed by atoms with Gasteiger partial charge in [-0.2, -0.15) is 0 Å². The van der Waals surface area contributed by atoms with Gasteiger partial charge in [0.1, 0.15) is 49.4 Å². The fourth-order valence-electron chi connectivity index (χ4n) is 6.37. The number of aliphatic imine (C=N–C) groups is 2. The first-order chi connectivity index (χ1) is 21.7. The molecule has 10 heteroatoms. The molecule has 1 fully saturated rings. The Bertz CT molecular complexity index is 1610. The van der Waals surface area contributed by atoms with Gasteiger partial charge in [0, 0.05) is 48.5 Å². The summed E-state index contributed by atoms with van der Waals surface area (Å²) in [6.07, 6.45) is 15.7. The number of aromatic nitrogens is 4. The highest BCUT2D eigenvalue weighted by atomic mass is 35.5. The highest BCUT2D eigenvalue weighted by Crippen LogP contribution is 2.36. The number of nitrogens with one attached hydrogen (secondary N) is 2. The molecule has 48 heavy (non-hydrogen) atoms. The minimum Gasteiger partial charge on any atom is -1.00 e. The third kappa shape index (κ3) is 9.08. The molecule has 2 heterocycles. The van der Waals surface area contributed by atoms with Gasteiger partial charge in [0.2, 0.25) is 0 Å². The highest BCUT2D eigenvalue weighted by molar-refractivity contribution is 5.86. The number of phenolic OH excluding ortho intramolecular Hbond substituents is 2. The van der Waals surface area contributed by atoms with Crippen molar-refractivity contribution in [1.29, 1.82) is 0 Å². The lowest BCUT2D eigenvalue weighted by atomic mass is 9.84. The molecule has 1 aliphatic carbocycles. The van der Waals surface area contributed by atoms with Crippen LogP contribution in [0.5, 0.6) is 11.5 Å². The Morgan fingerprint density at radius 3 is 1.38 bits per heavy atom. The van der Waals surface area contributed by atoms with Crippen LogP contribution in [0.25, 0.3) is 0 Å². The van der Waals surface area contributed by atoms with Crippen molar-refractivity contribution >= 4 is 12.4 Å². The minimum atomic E-state index is -0.223. The first-order valence-corrected chi connectivity index (χ1v) is 16.6. The molecule has 2 atom stereocenters. The summed E-state index contributed by atoms with van der Waals surface area (Å²) in [5, 5.41) is 22.7. The molecule has 1 aliphatic rings. The van der Waals surface area contributed by atoms with Gasteiger partial charge in [-0.15, -0.1) is 0 Å². The van der Waals surface area contributed by atoms with Crippen molar-refractivity contribution in [3.63, 3.8) is 0 Å². The molecule has 0 radical (unpaired) electrons. The second-order valence-electron chi connectivity index (χ2n) is 15.0. The number of H-pyrrole nitrogens is 2. The summed E-state index contributed by atoms with van der Waals surface area (Å²) in [7, 11) is 0. The van der Waals surface area contributed by atoms with E-state index in [2.05, 4.69) is 98.8 Å². The Morgan fingerprint density at radius 1 is 0.688 bits per heavy atom. The van der Waals surface area contributed by atoms with Crippen molar-refractivity contribution < 1.29 is 44.2 Å². The van der Waals surface area contributed by atoms with Crippen molar-refractivity contribution in [2.75, 3.05) is 0 Å². The number of imidazole rings is 2. The zero-order valence-corrected chi connectivity index (χ0v) is 31.1. The van der Waals surface area contributed by atoms with Crippen molar-refractivity contribution in [3.8, 4) is 11.5 Å². The van der Waals surface area contributed by atoms with Crippen LogP contribution in [0, 0.1) is 13.8 Å². The molecule has 4 N–H and O–H groups in total. The van der Waals surface area contributed by atoms with Crippen LogP contribution < -0.4 is 33.9 Å². The molecule has 2 aromatic carbocycles. The highest BCUT2D eigenvalue weighted by Gasteiger charge is 2.26. The number of hydrogen-bond donors (Lipinski definition) is 4. The summed E-state index contributed by atoms with van der Waals surface area (Å²) >= 11 is 0. The number of phenols is 2. The molecule has 0 unspecified atom stereocenters. The average molecular weight is 696 g/mol. The van der Waals surface area contributed by atoms with Gasteiger partial charge in [0.15, 0.2) is 0 Å². The lowest BCUT2D eigenvalue weighted by Crippen LogP contribution is -3.00. The average Bonchev–Trinajstić information content (AvgIpc) is 3.58. The first kappa shape index (κ1) is 38.8. The Kier molecular flexibility index (Phi) is 12.7. The molecule has 260 valence electrons. The van der Waals surface area contributed by atoms with Crippen LogP contribution in [-0.2, 0) is 23.9 Å². The van der Waals surface area contributed by atoms with Gasteiger partial charge in [-0.25, -0.2) is 19.1 Å². The monoisotopic (exact) mass is 694 g/mol. The van der Waals surface area contributed by atoms with Crippen molar-refractivity contribution in [2.45, 2.75) is 117 Å². The quantitative estimate of drug-likeness (QED) is 0.159. The molecule has 5 rings (SSSR count). The van der Waals surface area contributed by atoms with E-state index < -0.39 is 0 Å². The number of nitrogens with zero attached hydrogens (tertiary/aromatic N) is 4. The zero-order valence-electron chi connectivity index (χ0n) is 29.6. The molecule has 0 saturated heterocycles. The van der Waals surface area contributed by atoms with Crippen LogP contribution in [0.15, 0.2) is 59.0 Å². The van der Waals surface area contributed by atoms with E-state index in [1.54, 1.807) is 0 Å². The largest absolute Gasteiger partial charge is 1.00 e. The zero-order chi connectivity index (χ0) is 33.2. The van der Waals surface area contributed by atoms with E-state index in [1.165, 1.54) is 0 Å². The summed E-state index contributed by atoms with van der Waals surface area (Å²) in [5.74, 6) is 2.73. The normalized spacial score (nSPS) is 17.1. The number of benzene rings is 2. The predicted octanol–water partition coefficient (Wildman–Crippen LogP) is 0.495. The molecular formula is C38H52Cl2N6O2. The Balaban J connectivity index is 0.00000312. The van der Waals surface area contributed by atoms with Crippen LogP contribution in [-0.4, -0.2) is 44.7 Å². The first-order valence-electron chi connectivity index (χ1n) is 16.6. The van der Waals surface area contributed by atoms with E-state index in [9.17, 15) is 10.2 Å². The van der Waals surface area contributed by atoms with Crippen LogP contribution >= 0.6 is 0 Å². The van der Waals surface area contributed by atoms with Crippen LogP contribution in [0.1, 0.15) is 112 Å². The number of aromatic amines is 2. The summed E-state index contributed by atoms with van der Waals surface area (Å²) in [6, 6.07) is 8.33. The second kappa shape index (κ2) is 15.7. The maximum absolute atomic E-state index is 11.4. The summed E-state index contributed by atoms with van der Waals surface area (Å²) in [4.78, 5) is 16.6. The van der Waals surface area contributed by atoms with E-state index in [4.69, 9.17) is 9.98 Å². The predicted molar refractivity (Wildman–Crippen MR) is 184 cm³/mol. The van der Waals surface area contributed by atoms with E-state index in [1.807, 2.05) is 37.2 Å².